The Labute approximate surface area is 102 Å². The maximum atomic E-state index is 13.2. The minimum absolute atomic E-state index is 0.0173. The summed E-state index contributed by atoms with van der Waals surface area (Å²) in [4.78, 5) is 15.3. The van der Waals surface area contributed by atoms with Gasteiger partial charge in [0.2, 0.25) is 0 Å². The van der Waals surface area contributed by atoms with Crippen molar-refractivity contribution in [2.45, 2.75) is 0 Å². The van der Waals surface area contributed by atoms with E-state index in [2.05, 4.69) is 10.3 Å². The van der Waals surface area contributed by atoms with Gasteiger partial charge in [0.05, 0.1) is 11.9 Å². The normalized spacial score (nSPS) is 10.1. The van der Waals surface area contributed by atoms with Gasteiger partial charge in [-0.1, -0.05) is 0 Å². The van der Waals surface area contributed by atoms with E-state index < -0.39 is 11.7 Å². The van der Waals surface area contributed by atoms with Crippen molar-refractivity contribution in [3.63, 3.8) is 0 Å². The fourth-order valence-electron chi connectivity index (χ4n) is 1.40. The number of anilines is 1. The van der Waals surface area contributed by atoms with E-state index in [1.165, 1.54) is 12.3 Å². The van der Waals surface area contributed by atoms with Gasteiger partial charge in [-0.2, -0.15) is 0 Å². The van der Waals surface area contributed by atoms with Gasteiger partial charge in [0, 0.05) is 17.8 Å². The van der Waals surface area contributed by atoms with E-state index in [0.717, 1.165) is 24.4 Å². The third-order valence-electron chi connectivity index (χ3n) is 2.19. The van der Waals surface area contributed by atoms with E-state index in [4.69, 9.17) is 0 Å². The Balaban J connectivity index is 2.25. The fourth-order valence-corrected chi connectivity index (χ4v) is 1.40. The number of phenols is 2. The molecule has 0 bridgehead atoms. The molecule has 92 valence electrons. The van der Waals surface area contributed by atoms with Crippen molar-refractivity contribution in [1.82, 2.24) is 4.98 Å². The van der Waals surface area contributed by atoms with Crippen molar-refractivity contribution in [2.24, 2.45) is 0 Å². The van der Waals surface area contributed by atoms with Gasteiger partial charge in [-0.15, -0.1) is 0 Å². The van der Waals surface area contributed by atoms with Gasteiger partial charge in [0.1, 0.15) is 11.5 Å². The number of aromatic nitrogens is 1. The summed E-state index contributed by atoms with van der Waals surface area (Å²) in [5.74, 6) is -1.83. The van der Waals surface area contributed by atoms with Crippen molar-refractivity contribution in [3.8, 4) is 11.5 Å². The SMILES string of the molecule is O=C(Nc1ccncc1F)c1cc(O)cc(O)c1. The molecule has 0 atom stereocenters. The van der Waals surface area contributed by atoms with Crippen LogP contribution in [-0.2, 0) is 0 Å². The third-order valence-corrected chi connectivity index (χ3v) is 2.19. The van der Waals surface area contributed by atoms with E-state index >= 15 is 0 Å². The molecule has 0 saturated heterocycles. The summed E-state index contributed by atoms with van der Waals surface area (Å²) in [6, 6.07) is 4.71. The number of carbonyl (C=O) groups excluding carboxylic acids is 1. The van der Waals surface area contributed by atoms with Gasteiger partial charge in [-0.25, -0.2) is 4.39 Å². The largest absolute Gasteiger partial charge is 0.508 e. The van der Waals surface area contributed by atoms with Crippen LogP contribution in [-0.4, -0.2) is 21.1 Å². The molecule has 1 aromatic carbocycles. The highest BCUT2D eigenvalue weighted by molar-refractivity contribution is 6.04. The summed E-state index contributed by atoms with van der Waals surface area (Å²) < 4.78 is 13.2. The maximum absolute atomic E-state index is 13.2. The molecular weight excluding hydrogens is 239 g/mol. The number of hydrogen-bond donors (Lipinski definition) is 3. The minimum atomic E-state index is -0.671. The number of nitrogens with zero attached hydrogens (tertiary/aromatic N) is 1. The zero-order valence-electron chi connectivity index (χ0n) is 9.09. The first-order valence-corrected chi connectivity index (χ1v) is 5.00. The first-order valence-electron chi connectivity index (χ1n) is 5.00. The van der Waals surface area contributed by atoms with Crippen LogP contribution in [0.15, 0.2) is 36.7 Å². The first kappa shape index (κ1) is 11.8. The fraction of sp³-hybridized carbons (Fsp3) is 0. The lowest BCUT2D eigenvalue weighted by Crippen LogP contribution is -2.12. The predicted molar refractivity (Wildman–Crippen MR) is 61.9 cm³/mol. The van der Waals surface area contributed by atoms with Crippen LogP contribution >= 0.6 is 0 Å². The van der Waals surface area contributed by atoms with Crippen LogP contribution in [0, 0.1) is 5.82 Å². The predicted octanol–water partition coefficient (Wildman–Crippen LogP) is 1.88. The molecule has 2 aromatic rings. The van der Waals surface area contributed by atoms with E-state index in [9.17, 15) is 19.4 Å². The lowest BCUT2D eigenvalue weighted by molar-refractivity contribution is 0.102. The molecule has 1 aromatic heterocycles. The summed E-state index contributed by atoms with van der Waals surface area (Å²) in [7, 11) is 0. The number of hydrogen-bond acceptors (Lipinski definition) is 4. The Bertz CT molecular complexity index is 581. The molecule has 5 nitrogen and oxygen atoms in total. The Kier molecular flexibility index (Phi) is 3.09. The van der Waals surface area contributed by atoms with Crippen LogP contribution < -0.4 is 5.32 Å². The highest BCUT2D eigenvalue weighted by Gasteiger charge is 2.11. The molecule has 0 fully saturated rings. The number of aromatic hydroxyl groups is 2. The molecule has 6 heteroatoms. The second-order valence-corrected chi connectivity index (χ2v) is 3.55. The molecule has 1 heterocycles. The summed E-state index contributed by atoms with van der Waals surface area (Å²) in [5.41, 5.74) is -0.0125. The highest BCUT2D eigenvalue weighted by Crippen LogP contribution is 2.21. The molecule has 2 rings (SSSR count). The van der Waals surface area contributed by atoms with Crippen molar-refractivity contribution >= 4 is 11.6 Å². The van der Waals surface area contributed by atoms with Crippen LogP contribution in [0.5, 0.6) is 11.5 Å². The quantitative estimate of drug-likeness (QED) is 0.757. The van der Waals surface area contributed by atoms with E-state index in [0.29, 0.717) is 0 Å². The molecule has 0 unspecified atom stereocenters. The van der Waals surface area contributed by atoms with Crippen molar-refractivity contribution in [3.05, 3.63) is 48.0 Å². The van der Waals surface area contributed by atoms with Crippen molar-refractivity contribution in [2.75, 3.05) is 5.32 Å². The smallest absolute Gasteiger partial charge is 0.256 e. The topological polar surface area (TPSA) is 82.5 Å². The molecule has 0 aliphatic carbocycles. The van der Waals surface area contributed by atoms with Gasteiger partial charge < -0.3 is 15.5 Å². The van der Waals surface area contributed by atoms with E-state index in [1.54, 1.807) is 0 Å². The van der Waals surface area contributed by atoms with Gasteiger partial charge in [-0.3, -0.25) is 9.78 Å². The highest BCUT2D eigenvalue weighted by atomic mass is 19.1. The number of carbonyl (C=O) groups is 1. The van der Waals surface area contributed by atoms with Crippen LogP contribution in [0.4, 0.5) is 10.1 Å². The zero-order valence-corrected chi connectivity index (χ0v) is 9.09. The van der Waals surface area contributed by atoms with Crippen LogP contribution in [0.25, 0.3) is 0 Å². The van der Waals surface area contributed by atoms with Crippen LogP contribution in [0.3, 0.4) is 0 Å². The number of amides is 1. The first-order chi connectivity index (χ1) is 8.56. The van der Waals surface area contributed by atoms with Gasteiger partial charge in [0.25, 0.3) is 5.91 Å². The number of benzene rings is 1. The Morgan fingerprint density at radius 1 is 1.22 bits per heavy atom. The monoisotopic (exact) mass is 248 g/mol. The molecule has 0 spiro atoms. The number of halogens is 1. The molecule has 0 aliphatic heterocycles. The molecule has 0 aliphatic rings. The van der Waals surface area contributed by atoms with Crippen LogP contribution in [0.1, 0.15) is 10.4 Å². The van der Waals surface area contributed by atoms with Crippen molar-refractivity contribution < 1.29 is 19.4 Å². The summed E-state index contributed by atoms with van der Waals surface area (Å²) in [6.07, 6.45) is 2.30. The van der Waals surface area contributed by atoms with Gasteiger partial charge in [0.15, 0.2) is 5.82 Å². The average Bonchev–Trinajstić information content (AvgIpc) is 2.31. The Morgan fingerprint density at radius 3 is 2.50 bits per heavy atom. The maximum Gasteiger partial charge on any atom is 0.256 e. The standard InChI is InChI=1S/C12H9FN2O3/c13-10-6-14-2-1-11(10)15-12(18)7-3-8(16)5-9(17)4-7/h1-6,16-17H,(H,14,15,18). The van der Waals surface area contributed by atoms with E-state index in [-0.39, 0.29) is 22.7 Å². The molecule has 18 heavy (non-hydrogen) atoms. The van der Waals surface area contributed by atoms with Gasteiger partial charge >= 0.3 is 0 Å². The summed E-state index contributed by atoms with van der Waals surface area (Å²) >= 11 is 0. The average molecular weight is 248 g/mol. The second-order valence-electron chi connectivity index (χ2n) is 3.55. The molecular formula is C12H9FN2O3. The third kappa shape index (κ3) is 2.54. The number of rotatable bonds is 2. The molecule has 1 amide bonds. The van der Waals surface area contributed by atoms with Gasteiger partial charge in [-0.05, 0) is 18.2 Å². The lowest BCUT2D eigenvalue weighted by atomic mass is 10.2. The summed E-state index contributed by atoms with van der Waals surface area (Å²) in [5, 5.41) is 20.8. The summed E-state index contributed by atoms with van der Waals surface area (Å²) in [6.45, 7) is 0. The van der Waals surface area contributed by atoms with Crippen LogP contribution in [0.2, 0.25) is 0 Å². The number of phenolic OH excluding ortho intramolecular Hbond substituents is 2. The Morgan fingerprint density at radius 2 is 1.89 bits per heavy atom. The number of pyridine rings is 1. The zero-order chi connectivity index (χ0) is 13.1. The lowest BCUT2D eigenvalue weighted by Gasteiger charge is -2.06. The molecule has 0 saturated carbocycles. The number of nitrogens with one attached hydrogen (secondary N) is 1. The van der Waals surface area contributed by atoms with Crippen molar-refractivity contribution in [1.29, 1.82) is 0 Å². The second kappa shape index (κ2) is 4.70. The Hall–Kier alpha value is -2.63. The van der Waals surface area contributed by atoms with E-state index in [1.807, 2.05) is 0 Å². The minimum Gasteiger partial charge on any atom is -0.508 e. The molecule has 0 radical (unpaired) electrons. The molecule has 3 N–H and O–H groups in total.